The number of likely N-dealkylation sites (tertiary alicyclic amines) is 1. The lowest BCUT2D eigenvalue weighted by molar-refractivity contribution is -0.163. The van der Waals surface area contributed by atoms with Crippen LogP contribution in [-0.4, -0.2) is 57.6 Å². The Morgan fingerprint density at radius 1 is 1.27 bits per heavy atom. The minimum atomic E-state index is -1.02. The average Bonchev–Trinajstić information content (AvgIpc) is 3.18. The number of nitrogens with zero attached hydrogens (tertiary/aromatic N) is 2. The van der Waals surface area contributed by atoms with Gasteiger partial charge in [0.25, 0.3) is 5.91 Å². The van der Waals surface area contributed by atoms with E-state index in [4.69, 9.17) is 4.74 Å². The van der Waals surface area contributed by atoms with Gasteiger partial charge in [0.15, 0.2) is 17.6 Å². The molecule has 2 aromatic rings. The van der Waals surface area contributed by atoms with Gasteiger partial charge in [-0.2, -0.15) is 5.10 Å². The van der Waals surface area contributed by atoms with Gasteiger partial charge in [-0.3, -0.25) is 9.69 Å². The molecule has 2 unspecified atom stereocenters. The number of nitrogens with one attached hydrogen (secondary N) is 1. The maximum absolute atomic E-state index is 12.6. The Hall–Kier alpha value is -3.16. The summed E-state index contributed by atoms with van der Waals surface area (Å²) in [7, 11) is 0. The van der Waals surface area contributed by atoms with Crippen molar-refractivity contribution in [3.63, 3.8) is 0 Å². The molecule has 0 aromatic heterocycles. The third-order valence-corrected chi connectivity index (χ3v) is 8.09. The molecule has 1 amide bonds. The van der Waals surface area contributed by atoms with Crippen molar-refractivity contribution in [3.8, 4) is 11.5 Å². The van der Waals surface area contributed by atoms with Gasteiger partial charge >= 0.3 is 0 Å². The van der Waals surface area contributed by atoms with E-state index in [9.17, 15) is 15.0 Å². The van der Waals surface area contributed by atoms with Crippen LogP contribution in [0.15, 0.2) is 60.2 Å². The van der Waals surface area contributed by atoms with E-state index in [0.29, 0.717) is 49.3 Å². The Balaban J connectivity index is 1.43. The highest BCUT2D eigenvalue weighted by molar-refractivity contribution is 5.98. The highest BCUT2D eigenvalue weighted by Gasteiger charge is 2.72. The van der Waals surface area contributed by atoms with E-state index in [1.54, 1.807) is 18.2 Å². The minimum Gasteiger partial charge on any atom is -0.504 e. The van der Waals surface area contributed by atoms with Gasteiger partial charge in [0, 0.05) is 30.3 Å². The van der Waals surface area contributed by atoms with Gasteiger partial charge in [-0.15, -0.1) is 6.58 Å². The number of aromatic hydroxyl groups is 1. The van der Waals surface area contributed by atoms with Crippen LogP contribution >= 0.6 is 0 Å². The monoisotopic (exact) mass is 445 g/mol. The van der Waals surface area contributed by atoms with Crippen molar-refractivity contribution in [3.05, 3.63) is 71.8 Å². The summed E-state index contributed by atoms with van der Waals surface area (Å²) in [6.45, 7) is 5.40. The Kier molecular flexibility index (Phi) is 4.44. The summed E-state index contributed by atoms with van der Waals surface area (Å²) in [6, 6.07) is 12.5. The molecular formula is C26H27N3O4. The van der Waals surface area contributed by atoms with Gasteiger partial charge < -0.3 is 14.9 Å². The molecular weight excluding hydrogens is 418 g/mol. The first kappa shape index (κ1) is 20.4. The molecule has 1 saturated heterocycles. The van der Waals surface area contributed by atoms with Crippen molar-refractivity contribution in [1.82, 2.24) is 10.3 Å². The number of phenolic OH excluding ortho intramolecular Hbond substituents is 1. The largest absolute Gasteiger partial charge is 0.504 e. The molecule has 7 nitrogen and oxygen atoms in total. The quantitative estimate of drug-likeness (QED) is 0.497. The third kappa shape index (κ3) is 2.63. The first-order valence-corrected chi connectivity index (χ1v) is 11.5. The molecule has 4 atom stereocenters. The molecule has 170 valence electrons. The number of rotatable bonds is 4. The second-order valence-electron chi connectivity index (χ2n) is 9.51. The lowest BCUT2D eigenvalue weighted by Crippen LogP contribution is -2.76. The molecule has 2 bridgehead atoms. The molecule has 0 radical (unpaired) electrons. The molecule has 3 N–H and O–H groups in total. The van der Waals surface area contributed by atoms with E-state index in [0.717, 1.165) is 17.7 Å². The number of aliphatic hydroxyl groups is 1. The van der Waals surface area contributed by atoms with Crippen LogP contribution in [0.3, 0.4) is 0 Å². The highest BCUT2D eigenvalue weighted by Crippen LogP contribution is 2.64. The zero-order chi connectivity index (χ0) is 22.8. The number of ether oxygens (including phenoxy) is 1. The number of carbonyl (C=O) groups is 1. The number of hydrazone groups is 1. The summed E-state index contributed by atoms with van der Waals surface area (Å²) in [5.74, 6) is 0.248. The third-order valence-electron chi connectivity index (χ3n) is 8.09. The molecule has 2 heterocycles. The molecule has 2 aliphatic carbocycles. The first-order valence-electron chi connectivity index (χ1n) is 11.5. The molecule has 7 heteroatoms. The first-order chi connectivity index (χ1) is 16.0. The number of amides is 1. The molecule has 2 fully saturated rings. The molecule has 2 aromatic carbocycles. The van der Waals surface area contributed by atoms with E-state index in [-0.39, 0.29) is 17.7 Å². The van der Waals surface area contributed by atoms with Crippen LogP contribution in [-0.2, 0) is 11.8 Å². The van der Waals surface area contributed by atoms with Crippen molar-refractivity contribution in [2.75, 3.05) is 13.1 Å². The predicted octanol–water partition coefficient (Wildman–Crippen LogP) is 2.52. The zero-order valence-electron chi connectivity index (χ0n) is 18.3. The van der Waals surface area contributed by atoms with E-state index in [1.165, 1.54) is 0 Å². The van der Waals surface area contributed by atoms with Crippen LogP contribution < -0.4 is 10.2 Å². The van der Waals surface area contributed by atoms with Crippen LogP contribution in [0.1, 0.15) is 40.7 Å². The summed E-state index contributed by atoms with van der Waals surface area (Å²) in [5, 5.41) is 27.4. The summed E-state index contributed by atoms with van der Waals surface area (Å²) < 4.78 is 6.39. The minimum absolute atomic E-state index is 0.0706. The number of piperidine rings is 1. The topological polar surface area (TPSA) is 94.4 Å². The zero-order valence-corrected chi connectivity index (χ0v) is 18.3. The fourth-order valence-corrected chi connectivity index (χ4v) is 6.71. The van der Waals surface area contributed by atoms with Gasteiger partial charge in [-0.05, 0) is 49.4 Å². The molecule has 33 heavy (non-hydrogen) atoms. The maximum atomic E-state index is 12.6. The van der Waals surface area contributed by atoms with E-state index < -0.39 is 17.1 Å². The predicted molar refractivity (Wildman–Crippen MR) is 124 cm³/mol. The Bertz CT molecular complexity index is 1180. The smallest absolute Gasteiger partial charge is 0.271 e. The van der Waals surface area contributed by atoms with Crippen LogP contribution in [0.25, 0.3) is 0 Å². The molecule has 1 spiro atoms. The van der Waals surface area contributed by atoms with Crippen LogP contribution in [0.2, 0.25) is 0 Å². The van der Waals surface area contributed by atoms with E-state index >= 15 is 0 Å². The summed E-state index contributed by atoms with van der Waals surface area (Å²) in [4.78, 5) is 14.9. The van der Waals surface area contributed by atoms with Crippen LogP contribution in [0.5, 0.6) is 11.5 Å². The molecule has 2 aliphatic heterocycles. The second kappa shape index (κ2) is 7.17. The number of carbonyl (C=O) groups excluding carboxylic acids is 1. The Morgan fingerprint density at radius 3 is 2.88 bits per heavy atom. The normalized spacial score (nSPS) is 32.7. The molecule has 4 aliphatic rings. The second-order valence-corrected chi connectivity index (χ2v) is 9.51. The van der Waals surface area contributed by atoms with Gasteiger partial charge in [-0.1, -0.05) is 30.3 Å². The molecule has 6 rings (SSSR count). The van der Waals surface area contributed by atoms with Crippen LogP contribution in [0.4, 0.5) is 0 Å². The van der Waals surface area contributed by atoms with Gasteiger partial charge in [-0.25, -0.2) is 5.43 Å². The Morgan fingerprint density at radius 2 is 2.09 bits per heavy atom. The number of hydrogen-bond donors (Lipinski definition) is 3. The number of hydrogen-bond acceptors (Lipinski definition) is 6. The number of benzene rings is 2. The van der Waals surface area contributed by atoms with Crippen molar-refractivity contribution in [2.45, 2.75) is 48.8 Å². The molecule has 1 saturated carbocycles. The van der Waals surface area contributed by atoms with E-state index in [1.807, 2.05) is 30.3 Å². The average molecular weight is 446 g/mol. The lowest BCUT2D eigenvalue weighted by atomic mass is 9.49. The summed E-state index contributed by atoms with van der Waals surface area (Å²) in [5.41, 5.74) is 4.21. The number of phenols is 1. The van der Waals surface area contributed by atoms with E-state index in [2.05, 4.69) is 22.0 Å². The van der Waals surface area contributed by atoms with Crippen molar-refractivity contribution >= 4 is 11.6 Å². The maximum Gasteiger partial charge on any atom is 0.271 e. The van der Waals surface area contributed by atoms with Gasteiger partial charge in [0.05, 0.1) is 16.7 Å². The van der Waals surface area contributed by atoms with Gasteiger partial charge in [0.2, 0.25) is 0 Å². The lowest BCUT2D eigenvalue weighted by Gasteiger charge is -2.62. The Labute approximate surface area is 192 Å². The van der Waals surface area contributed by atoms with Gasteiger partial charge in [0.1, 0.15) is 0 Å². The highest BCUT2D eigenvalue weighted by atomic mass is 16.5. The fourth-order valence-electron chi connectivity index (χ4n) is 6.71. The standard InChI is InChI=1S/C26H27N3O4/c1-2-13-29-14-12-25-21-17-8-9-19(30)22(21)33-23(25)18(10-11-26(25,32)20(29)15-17)27-28-24(31)16-6-4-3-5-7-16/h2-9,20,23,30,32H,1,10-15H2,(H,28,31)/b27-18+/t20-,23+,25?,26?/m0/s1. The van der Waals surface area contributed by atoms with Crippen molar-refractivity contribution < 1.29 is 19.7 Å². The van der Waals surface area contributed by atoms with Crippen molar-refractivity contribution in [1.29, 1.82) is 0 Å². The summed E-state index contributed by atoms with van der Waals surface area (Å²) >= 11 is 0. The fraction of sp³-hybridized carbons (Fsp3) is 0.385. The SMILES string of the molecule is C=CCN1CCC23c4c5ccc(O)c4O[C@@H]2/C(=N/NC(=O)c2ccccc2)CCC3(O)[C@@H]1C5. The van der Waals surface area contributed by atoms with Crippen molar-refractivity contribution in [2.24, 2.45) is 5.10 Å². The summed E-state index contributed by atoms with van der Waals surface area (Å²) in [6.07, 6.45) is 3.73. The van der Waals surface area contributed by atoms with Crippen LogP contribution in [0, 0.1) is 0 Å².